The topological polar surface area (TPSA) is 20.3 Å². The molecule has 0 radical (unpaired) electrons. The van der Waals surface area contributed by atoms with Crippen LogP contribution in [0.2, 0.25) is 0 Å². The Morgan fingerprint density at radius 3 is 1.48 bits per heavy atom. The maximum atomic E-state index is 13.1. The lowest BCUT2D eigenvalue weighted by molar-refractivity contribution is -0.130. The van der Waals surface area contributed by atoms with Crippen LogP contribution in [0.5, 0.6) is 0 Å². The van der Waals surface area contributed by atoms with Gasteiger partial charge in [0.25, 0.3) is 0 Å². The van der Waals surface area contributed by atoms with Gasteiger partial charge in [-0.2, -0.15) is 0 Å². The highest BCUT2D eigenvalue weighted by molar-refractivity contribution is 5.83. The minimum Gasteiger partial charge on any atom is -0.313 e. The Morgan fingerprint density at radius 2 is 1.17 bits per heavy atom. The lowest BCUT2D eigenvalue weighted by Crippen LogP contribution is -2.38. The Morgan fingerprint density at radius 1 is 0.696 bits per heavy atom. The molecule has 0 aromatic heterocycles. The Kier molecular flexibility index (Phi) is 6.68. The summed E-state index contributed by atoms with van der Waals surface area (Å²) in [6, 6.07) is 0.202. The van der Waals surface area contributed by atoms with E-state index in [1.165, 1.54) is 22.4 Å². The molecule has 1 heterocycles. The molecule has 0 saturated heterocycles. The Balaban J connectivity index is 3.85. The lowest BCUT2D eigenvalue weighted by Gasteiger charge is -2.34. The standard InChI is InChI=1S/C21H37NO/c1-12(2)17-11-18(23)22(16(9)10)21(15(7)8)20(14(5)6)19(17)13(3)4/h12-16H,11H2,1-10H3. The van der Waals surface area contributed by atoms with E-state index < -0.39 is 0 Å². The molecule has 1 aliphatic heterocycles. The van der Waals surface area contributed by atoms with E-state index in [1.807, 2.05) is 0 Å². The SMILES string of the molecule is CC(C)C1=C(C(C)C)C(C(C)C)=C(C(C)C)N(C(C)C)C(=O)C1. The third kappa shape index (κ3) is 4.08. The van der Waals surface area contributed by atoms with Gasteiger partial charge in [0.2, 0.25) is 5.91 Å². The van der Waals surface area contributed by atoms with Crippen LogP contribution in [0.15, 0.2) is 22.4 Å². The quantitative estimate of drug-likeness (QED) is 0.627. The van der Waals surface area contributed by atoms with Crippen molar-refractivity contribution in [2.45, 2.75) is 81.7 Å². The predicted molar refractivity (Wildman–Crippen MR) is 100 cm³/mol. The maximum Gasteiger partial charge on any atom is 0.231 e. The van der Waals surface area contributed by atoms with Gasteiger partial charge in [-0.1, -0.05) is 61.0 Å². The summed E-state index contributed by atoms with van der Waals surface area (Å²) in [6.07, 6.45) is 0.565. The van der Waals surface area contributed by atoms with E-state index in [4.69, 9.17) is 0 Å². The highest BCUT2D eigenvalue weighted by atomic mass is 16.2. The van der Waals surface area contributed by atoms with Gasteiger partial charge in [-0.3, -0.25) is 4.79 Å². The van der Waals surface area contributed by atoms with Crippen molar-refractivity contribution in [3.05, 3.63) is 22.4 Å². The van der Waals surface area contributed by atoms with Crippen molar-refractivity contribution in [2.75, 3.05) is 0 Å². The van der Waals surface area contributed by atoms with E-state index in [1.54, 1.807) is 0 Å². The van der Waals surface area contributed by atoms with Crippen molar-refractivity contribution in [1.29, 1.82) is 0 Å². The largest absolute Gasteiger partial charge is 0.313 e. The van der Waals surface area contributed by atoms with E-state index in [2.05, 4.69) is 74.1 Å². The van der Waals surface area contributed by atoms with E-state index in [0.29, 0.717) is 30.1 Å². The summed E-state index contributed by atoms with van der Waals surface area (Å²) in [4.78, 5) is 15.2. The molecule has 1 rings (SSSR count). The zero-order chi connectivity index (χ0) is 18.1. The molecule has 0 bridgehead atoms. The third-order valence-corrected chi connectivity index (χ3v) is 4.70. The predicted octanol–water partition coefficient (Wildman–Crippen LogP) is 5.80. The monoisotopic (exact) mass is 319 g/mol. The van der Waals surface area contributed by atoms with E-state index in [0.717, 1.165) is 0 Å². The summed E-state index contributed by atoms with van der Waals surface area (Å²) in [6.45, 7) is 22.2. The molecule has 0 spiro atoms. The molecule has 0 saturated carbocycles. The number of rotatable bonds is 5. The van der Waals surface area contributed by atoms with Gasteiger partial charge in [0.05, 0.1) is 0 Å². The van der Waals surface area contributed by atoms with Crippen LogP contribution in [0.1, 0.15) is 75.7 Å². The van der Waals surface area contributed by atoms with Gasteiger partial charge in [0.15, 0.2) is 0 Å². The molecule has 1 amide bonds. The summed E-state index contributed by atoms with van der Waals surface area (Å²) < 4.78 is 0. The fourth-order valence-electron chi connectivity index (χ4n) is 3.88. The number of allylic oxidation sites excluding steroid dienone is 3. The van der Waals surface area contributed by atoms with E-state index in [-0.39, 0.29) is 11.9 Å². The lowest BCUT2D eigenvalue weighted by atomic mass is 9.79. The fraction of sp³-hybridized carbons (Fsp3) is 0.762. The zero-order valence-corrected chi connectivity index (χ0v) is 16.9. The van der Waals surface area contributed by atoms with Crippen molar-refractivity contribution in [3.63, 3.8) is 0 Å². The van der Waals surface area contributed by atoms with Crippen LogP contribution in [0, 0.1) is 23.7 Å². The van der Waals surface area contributed by atoms with Gasteiger partial charge in [-0.25, -0.2) is 0 Å². The first-order valence-electron chi connectivity index (χ1n) is 9.29. The Hall–Kier alpha value is -1.05. The molecule has 1 aliphatic rings. The second kappa shape index (κ2) is 7.68. The number of hydrogen-bond acceptors (Lipinski definition) is 1. The minimum absolute atomic E-state index is 0.202. The molecule has 0 atom stereocenters. The maximum absolute atomic E-state index is 13.1. The molecule has 2 nitrogen and oxygen atoms in total. The molecule has 2 heteroatoms. The molecule has 132 valence electrons. The number of nitrogens with zero attached hydrogens (tertiary/aromatic N) is 1. The van der Waals surface area contributed by atoms with Gasteiger partial charge >= 0.3 is 0 Å². The van der Waals surface area contributed by atoms with Crippen molar-refractivity contribution < 1.29 is 4.79 Å². The fourth-order valence-corrected chi connectivity index (χ4v) is 3.88. The van der Waals surface area contributed by atoms with Crippen molar-refractivity contribution in [3.8, 4) is 0 Å². The molecule has 0 unspecified atom stereocenters. The summed E-state index contributed by atoms with van der Waals surface area (Å²) >= 11 is 0. The highest BCUT2D eigenvalue weighted by Crippen LogP contribution is 2.41. The molecule has 0 fully saturated rings. The average Bonchev–Trinajstić information content (AvgIpc) is 2.52. The normalized spacial score (nSPS) is 17.7. The summed E-state index contributed by atoms with van der Waals surface area (Å²) in [7, 11) is 0. The molecule has 0 aliphatic carbocycles. The summed E-state index contributed by atoms with van der Waals surface area (Å²) in [5.74, 6) is 1.88. The van der Waals surface area contributed by atoms with Gasteiger partial charge < -0.3 is 4.90 Å². The van der Waals surface area contributed by atoms with E-state index in [9.17, 15) is 4.79 Å². The molecular weight excluding hydrogens is 282 g/mol. The van der Waals surface area contributed by atoms with Gasteiger partial charge in [0.1, 0.15) is 0 Å². The van der Waals surface area contributed by atoms with Crippen LogP contribution in [0.25, 0.3) is 0 Å². The zero-order valence-electron chi connectivity index (χ0n) is 16.9. The van der Waals surface area contributed by atoms with Gasteiger partial charge in [0, 0.05) is 18.2 Å². The van der Waals surface area contributed by atoms with Crippen molar-refractivity contribution in [2.24, 2.45) is 23.7 Å². The van der Waals surface area contributed by atoms with E-state index >= 15 is 0 Å². The summed E-state index contributed by atoms with van der Waals surface area (Å²) in [5.41, 5.74) is 5.45. The average molecular weight is 320 g/mol. The van der Waals surface area contributed by atoms with Crippen molar-refractivity contribution in [1.82, 2.24) is 4.90 Å². The second-order valence-electron chi connectivity index (χ2n) is 8.39. The minimum atomic E-state index is 0.202. The second-order valence-corrected chi connectivity index (χ2v) is 8.39. The highest BCUT2D eigenvalue weighted by Gasteiger charge is 2.34. The Bertz CT molecular complexity index is 504. The first kappa shape index (κ1) is 20.0. The smallest absolute Gasteiger partial charge is 0.231 e. The molecule has 23 heavy (non-hydrogen) atoms. The number of hydrogen-bond donors (Lipinski definition) is 0. The Labute approximate surface area is 144 Å². The third-order valence-electron chi connectivity index (χ3n) is 4.70. The van der Waals surface area contributed by atoms with Crippen LogP contribution in [-0.4, -0.2) is 16.8 Å². The molecule has 0 aromatic rings. The van der Waals surface area contributed by atoms with Crippen LogP contribution in [0.4, 0.5) is 0 Å². The van der Waals surface area contributed by atoms with Crippen LogP contribution in [0.3, 0.4) is 0 Å². The molecule has 0 N–H and O–H groups in total. The first-order valence-corrected chi connectivity index (χ1v) is 9.29. The van der Waals surface area contributed by atoms with Gasteiger partial charge in [-0.15, -0.1) is 0 Å². The molecular formula is C21H37NO. The first-order chi connectivity index (χ1) is 10.5. The van der Waals surface area contributed by atoms with Crippen LogP contribution < -0.4 is 0 Å². The molecule has 0 aromatic carbocycles. The number of carbonyl (C=O) groups is 1. The summed E-state index contributed by atoms with van der Waals surface area (Å²) in [5, 5.41) is 0. The van der Waals surface area contributed by atoms with Gasteiger partial charge in [-0.05, 0) is 48.7 Å². The number of amides is 1. The van der Waals surface area contributed by atoms with Crippen LogP contribution >= 0.6 is 0 Å². The van der Waals surface area contributed by atoms with Crippen LogP contribution in [-0.2, 0) is 4.79 Å². The number of carbonyl (C=O) groups excluding carboxylic acids is 1. The van der Waals surface area contributed by atoms with Crippen molar-refractivity contribution >= 4 is 5.91 Å².